The number of nitrogens with two attached hydrogens (primary N) is 1. The first kappa shape index (κ1) is 19.0. The summed E-state index contributed by atoms with van der Waals surface area (Å²) in [7, 11) is 5.25. The van der Waals surface area contributed by atoms with Crippen LogP contribution in [0, 0.1) is 0 Å². The number of anilines is 1. The number of hydrogen-bond donors (Lipinski definition) is 2. The molecule has 0 saturated carbocycles. The Morgan fingerprint density at radius 1 is 1.43 bits per heavy atom. The number of hydrazone groups is 1. The van der Waals surface area contributed by atoms with E-state index in [-0.39, 0.29) is 17.3 Å². The highest BCUT2D eigenvalue weighted by atomic mass is 16.6. The van der Waals surface area contributed by atoms with E-state index < -0.39 is 5.91 Å². The zero-order valence-electron chi connectivity index (χ0n) is 15.5. The lowest BCUT2D eigenvalue weighted by molar-refractivity contribution is 0.0948. The molecule has 0 unspecified atom stereocenters. The van der Waals surface area contributed by atoms with Crippen LogP contribution < -0.4 is 15.9 Å². The van der Waals surface area contributed by atoms with E-state index in [0.717, 1.165) is 5.56 Å². The molecule has 2 heterocycles. The van der Waals surface area contributed by atoms with Crippen LogP contribution in [0.4, 0.5) is 5.82 Å². The third-order valence-electron chi connectivity index (χ3n) is 3.61. The molecule has 0 saturated heterocycles. The normalized spacial score (nSPS) is 11.3. The van der Waals surface area contributed by atoms with E-state index in [1.54, 1.807) is 13.2 Å². The van der Waals surface area contributed by atoms with E-state index in [9.17, 15) is 4.79 Å². The predicted molar refractivity (Wildman–Crippen MR) is 99.1 cm³/mol. The molecule has 2 aromatic heterocycles. The van der Waals surface area contributed by atoms with Gasteiger partial charge >= 0.3 is 0 Å². The van der Waals surface area contributed by atoms with Crippen LogP contribution in [0.5, 0.6) is 5.75 Å². The van der Waals surface area contributed by atoms with Crippen molar-refractivity contribution < 1.29 is 14.2 Å². The summed E-state index contributed by atoms with van der Waals surface area (Å²) in [4.78, 5) is 14.4. The fourth-order valence-corrected chi connectivity index (χ4v) is 2.37. The van der Waals surface area contributed by atoms with Gasteiger partial charge in [0.2, 0.25) is 11.6 Å². The van der Waals surface area contributed by atoms with Crippen molar-refractivity contribution in [1.82, 2.24) is 35.6 Å². The molecule has 3 aromatic rings. The molecule has 0 aliphatic carbocycles. The number of carbonyl (C=O) groups excluding carboxylic acids is 1. The summed E-state index contributed by atoms with van der Waals surface area (Å²) in [5, 5.41) is 19.1. The molecule has 0 aliphatic rings. The molecule has 0 spiro atoms. The van der Waals surface area contributed by atoms with Crippen LogP contribution in [-0.4, -0.2) is 63.5 Å². The molecule has 0 aliphatic heterocycles. The van der Waals surface area contributed by atoms with Gasteiger partial charge in [0, 0.05) is 6.54 Å². The molecule has 0 atom stereocenters. The molecule has 0 bridgehead atoms. The molecule has 1 amide bonds. The van der Waals surface area contributed by atoms with E-state index in [0.29, 0.717) is 18.0 Å². The van der Waals surface area contributed by atoms with Crippen molar-refractivity contribution in [3.63, 3.8) is 0 Å². The number of aromatic nitrogens is 5. The maximum absolute atomic E-state index is 12.6. The minimum atomic E-state index is -0.530. The average Bonchev–Trinajstić information content (AvgIpc) is 3.27. The fraction of sp³-hybridized carbons (Fsp3) is 0.250. The van der Waals surface area contributed by atoms with Gasteiger partial charge in [0.1, 0.15) is 5.75 Å². The van der Waals surface area contributed by atoms with E-state index in [1.165, 1.54) is 10.9 Å². The smallest absolute Gasteiger partial charge is 0.293 e. The van der Waals surface area contributed by atoms with Gasteiger partial charge in [-0.3, -0.25) is 4.79 Å². The standard InChI is InChI=1S/C16H19N9O3/c1-24(2)9-12-13(19-23-25(12)15-14(17)21-28-22-15)16(26)20-18-8-10-5-4-6-11(7-10)27-3/h4-8H,9H2,1-3H3,(H2,17,21)(H,20,26)/b18-8-. The largest absolute Gasteiger partial charge is 0.497 e. The zero-order valence-corrected chi connectivity index (χ0v) is 15.5. The van der Waals surface area contributed by atoms with E-state index in [4.69, 9.17) is 10.5 Å². The highest BCUT2D eigenvalue weighted by molar-refractivity contribution is 5.94. The number of ether oxygens (including phenoxy) is 1. The van der Waals surface area contributed by atoms with Crippen LogP contribution in [0.3, 0.4) is 0 Å². The third kappa shape index (κ3) is 4.12. The lowest BCUT2D eigenvalue weighted by Crippen LogP contribution is -2.23. The summed E-state index contributed by atoms with van der Waals surface area (Å²) in [5.41, 5.74) is 9.46. The number of carbonyl (C=O) groups is 1. The van der Waals surface area contributed by atoms with Crippen LogP contribution >= 0.6 is 0 Å². The van der Waals surface area contributed by atoms with Crippen molar-refractivity contribution in [1.29, 1.82) is 0 Å². The molecule has 0 fully saturated rings. The SMILES string of the molecule is COc1cccc(/C=N\NC(=O)c2nnn(-c3nonc3N)c2CN(C)C)c1. The number of nitrogen functional groups attached to an aromatic ring is 1. The molecule has 28 heavy (non-hydrogen) atoms. The minimum Gasteiger partial charge on any atom is -0.497 e. The second-order valence-electron chi connectivity index (χ2n) is 5.98. The number of nitrogens with zero attached hydrogens (tertiary/aromatic N) is 7. The van der Waals surface area contributed by atoms with Gasteiger partial charge in [-0.15, -0.1) is 5.10 Å². The summed E-state index contributed by atoms with van der Waals surface area (Å²) >= 11 is 0. The van der Waals surface area contributed by atoms with Crippen LogP contribution in [0.1, 0.15) is 21.7 Å². The first-order valence-electron chi connectivity index (χ1n) is 8.14. The summed E-state index contributed by atoms with van der Waals surface area (Å²) in [6, 6.07) is 7.24. The van der Waals surface area contributed by atoms with E-state index in [2.05, 4.69) is 35.8 Å². The average molecular weight is 385 g/mol. The van der Waals surface area contributed by atoms with Gasteiger partial charge in [0.15, 0.2) is 5.69 Å². The monoisotopic (exact) mass is 385 g/mol. The number of methoxy groups -OCH3 is 1. The Morgan fingerprint density at radius 3 is 2.93 bits per heavy atom. The van der Waals surface area contributed by atoms with Gasteiger partial charge in [-0.25, -0.2) is 10.1 Å². The van der Waals surface area contributed by atoms with Crippen molar-refractivity contribution in [3.05, 3.63) is 41.2 Å². The summed E-state index contributed by atoms with van der Waals surface area (Å²) in [6.07, 6.45) is 1.50. The van der Waals surface area contributed by atoms with Gasteiger partial charge in [-0.1, -0.05) is 17.3 Å². The number of rotatable bonds is 7. The van der Waals surface area contributed by atoms with Crippen molar-refractivity contribution in [2.45, 2.75) is 6.54 Å². The Hall–Kier alpha value is -3.80. The third-order valence-corrected chi connectivity index (χ3v) is 3.61. The number of benzene rings is 1. The first-order chi connectivity index (χ1) is 13.5. The molecular weight excluding hydrogens is 366 g/mol. The maximum atomic E-state index is 12.6. The van der Waals surface area contributed by atoms with Gasteiger partial charge in [-0.2, -0.15) is 9.78 Å². The van der Waals surface area contributed by atoms with Crippen molar-refractivity contribution in [2.24, 2.45) is 5.10 Å². The molecule has 3 N–H and O–H groups in total. The van der Waals surface area contributed by atoms with Gasteiger partial charge in [-0.05, 0) is 42.1 Å². The first-order valence-corrected chi connectivity index (χ1v) is 8.14. The van der Waals surface area contributed by atoms with Crippen LogP contribution in [0.2, 0.25) is 0 Å². The minimum absolute atomic E-state index is 0.0351. The van der Waals surface area contributed by atoms with Crippen molar-refractivity contribution in [3.8, 4) is 11.6 Å². The zero-order chi connectivity index (χ0) is 20.1. The second-order valence-corrected chi connectivity index (χ2v) is 5.98. The summed E-state index contributed by atoms with van der Waals surface area (Å²) < 4.78 is 11.1. The Morgan fingerprint density at radius 2 is 2.25 bits per heavy atom. The Kier molecular flexibility index (Phi) is 5.60. The van der Waals surface area contributed by atoms with Gasteiger partial charge < -0.3 is 15.4 Å². The van der Waals surface area contributed by atoms with E-state index >= 15 is 0 Å². The lowest BCUT2D eigenvalue weighted by Gasteiger charge is -2.11. The Balaban J connectivity index is 1.82. The number of hydrogen-bond acceptors (Lipinski definition) is 10. The van der Waals surface area contributed by atoms with Crippen LogP contribution in [-0.2, 0) is 6.54 Å². The van der Waals surface area contributed by atoms with Crippen LogP contribution in [0.25, 0.3) is 5.82 Å². The summed E-state index contributed by atoms with van der Waals surface area (Å²) in [5.74, 6) is 0.346. The maximum Gasteiger partial charge on any atom is 0.293 e. The van der Waals surface area contributed by atoms with Gasteiger partial charge in [0.05, 0.1) is 19.0 Å². The highest BCUT2D eigenvalue weighted by Gasteiger charge is 2.24. The summed E-state index contributed by atoms with van der Waals surface area (Å²) in [6.45, 7) is 0.349. The predicted octanol–water partition coefficient (Wildman–Crippen LogP) is 0.0666. The molecule has 12 heteroatoms. The molecule has 3 rings (SSSR count). The second kappa shape index (κ2) is 8.26. The molecule has 12 nitrogen and oxygen atoms in total. The topological polar surface area (TPSA) is 150 Å². The van der Waals surface area contributed by atoms with Crippen molar-refractivity contribution in [2.75, 3.05) is 26.9 Å². The number of amides is 1. The molecular formula is C16H19N9O3. The Bertz CT molecular complexity index is 993. The van der Waals surface area contributed by atoms with E-state index in [1.807, 2.05) is 37.2 Å². The highest BCUT2D eigenvalue weighted by Crippen LogP contribution is 2.17. The lowest BCUT2D eigenvalue weighted by atomic mass is 10.2. The molecule has 0 radical (unpaired) electrons. The Labute approximate surface area is 159 Å². The molecule has 1 aromatic carbocycles. The van der Waals surface area contributed by atoms with Gasteiger partial charge in [0.25, 0.3) is 5.91 Å². The fourth-order valence-electron chi connectivity index (χ4n) is 2.37. The van der Waals surface area contributed by atoms with Crippen molar-refractivity contribution >= 4 is 17.9 Å². The quantitative estimate of drug-likeness (QED) is 0.425. The van der Waals surface area contributed by atoms with Crippen LogP contribution in [0.15, 0.2) is 34.0 Å². The molecule has 146 valence electrons. The number of nitrogens with one attached hydrogen (secondary N) is 1.